The zero-order chi connectivity index (χ0) is 10.7. The Morgan fingerprint density at radius 2 is 2.20 bits per heavy atom. The van der Waals surface area contributed by atoms with Crippen LogP contribution in [0.5, 0.6) is 5.75 Å². The lowest BCUT2D eigenvalue weighted by Gasteiger charge is -2.26. The second-order valence-electron chi connectivity index (χ2n) is 3.58. The zero-order valence-corrected chi connectivity index (χ0v) is 8.73. The van der Waals surface area contributed by atoms with Crippen LogP contribution in [0.2, 0.25) is 0 Å². The van der Waals surface area contributed by atoms with E-state index < -0.39 is 0 Å². The number of benzene rings is 1. The molecule has 0 bridgehead atoms. The summed E-state index contributed by atoms with van der Waals surface area (Å²) < 4.78 is 15.7. The van der Waals surface area contributed by atoms with Crippen LogP contribution in [0, 0.1) is 0 Å². The largest absolute Gasteiger partial charge is 0.497 e. The number of rotatable bonds is 4. The number of hydrogen-bond acceptors (Lipinski definition) is 4. The van der Waals surface area contributed by atoms with E-state index in [1.165, 1.54) is 0 Å². The minimum absolute atomic E-state index is 0.234. The van der Waals surface area contributed by atoms with E-state index in [-0.39, 0.29) is 6.10 Å². The summed E-state index contributed by atoms with van der Waals surface area (Å²) in [4.78, 5) is 0. The first-order chi connectivity index (χ1) is 7.28. The molecule has 1 aliphatic heterocycles. The summed E-state index contributed by atoms with van der Waals surface area (Å²) in [6.07, 6.45) is 0.234. The molecule has 0 atom stereocenters. The van der Waals surface area contributed by atoms with Crippen LogP contribution in [0.15, 0.2) is 18.2 Å². The van der Waals surface area contributed by atoms with Crippen LogP contribution >= 0.6 is 0 Å². The molecule has 0 radical (unpaired) electrons. The summed E-state index contributed by atoms with van der Waals surface area (Å²) in [5.74, 6) is 0.762. The van der Waals surface area contributed by atoms with E-state index in [1.54, 1.807) is 13.2 Å². The molecule has 4 nitrogen and oxygen atoms in total. The highest BCUT2D eigenvalue weighted by Crippen LogP contribution is 2.20. The Bertz CT molecular complexity index is 337. The second-order valence-corrected chi connectivity index (χ2v) is 3.58. The van der Waals surface area contributed by atoms with Gasteiger partial charge in [0.1, 0.15) is 11.9 Å². The van der Waals surface area contributed by atoms with Crippen molar-refractivity contribution in [2.45, 2.75) is 12.7 Å². The van der Waals surface area contributed by atoms with E-state index in [4.69, 9.17) is 19.9 Å². The molecule has 0 aliphatic carbocycles. The van der Waals surface area contributed by atoms with Gasteiger partial charge >= 0.3 is 0 Å². The van der Waals surface area contributed by atoms with E-state index in [2.05, 4.69) is 0 Å². The highest BCUT2D eigenvalue weighted by atomic mass is 16.6. The first-order valence-corrected chi connectivity index (χ1v) is 4.90. The third-order valence-electron chi connectivity index (χ3n) is 2.32. The quantitative estimate of drug-likeness (QED) is 0.757. The van der Waals surface area contributed by atoms with Gasteiger partial charge in [0.2, 0.25) is 0 Å². The van der Waals surface area contributed by atoms with Crippen LogP contribution in [0.3, 0.4) is 0 Å². The van der Waals surface area contributed by atoms with Gasteiger partial charge in [-0.15, -0.1) is 0 Å². The van der Waals surface area contributed by atoms with Crippen molar-refractivity contribution in [1.82, 2.24) is 0 Å². The van der Waals surface area contributed by atoms with Crippen molar-refractivity contribution in [2.75, 3.05) is 26.1 Å². The predicted molar refractivity (Wildman–Crippen MR) is 56.8 cm³/mol. The molecule has 2 rings (SSSR count). The third kappa shape index (κ3) is 2.61. The molecular formula is C11H15NO3. The molecule has 1 heterocycles. The van der Waals surface area contributed by atoms with E-state index in [0.29, 0.717) is 25.5 Å². The van der Waals surface area contributed by atoms with Gasteiger partial charge in [0.15, 0.2) is 0 Å². The zero-order valence-electron chi connectivity index (χ0n) is 8.73. The minimum atomic E-state index is 0.234. The van der Waals surface area contributed by atoms with E-state index in [9.17, 15) is 0 Å². The van der Waals surface area contributed by atoms with Gasteiger partial charge < -0.3 is 19.9 Å². The van der Waals surface area contributed by atoms with Gasteiger partial charge in [0.25, 0.3) is 0 Å². The molecule has 4 heteroatoms. The smallest absolute Gasteiger partial charge is 0.121 e. The summed E-state index contributed by atoms with van der Waals surface area (Å²) >= 11 is 0. The normalized spacial score (nSPS) is 16.1. The lowest BCUT2D eigenvalue weighted by molar-refractivity contribution is -0.135. The van der Waals surface area contributed by atoms with Crippen molar-refractivity contribution in [3.05, 3.63) is 23.8 Å². The van der Waals surface area contributed by atoms with Crippen molar-refractivity contribution >= 4 is 5.69 Å². The topological polar surface area (TPSA) is 53.7 Å². The van der Waals surface area contributed by atoms with Crippen molar-refractivity contribution in [3.8, 4) is 5.75 Å². The average molecular weight is 209 g/mol. The first kappa shape index (κ1) is 10.3. The van der Waals surface area contributed by atoms with Crippen molar-refractivity contribution in [1.29, 1.82) is 0 Å². The Kier molecular flexibility index (Phi) is 3.08. The van der Waals surface area contributed by atoms with Crippen molar-refractivity contribution in [3.63, 3.8) is 0 Å². The molecule has 0 unspecified atom stereocenters. The van der Waals surface area contributed by atoms with Gasteiger partial charge in [0, 0.05) is 11.8 Å². The summed E-state index contributed by atoms with van der Waals surface area (Å²) in [6.45, 7) is 1.94. The Balaban J connectivity index is 1.96. The van der Waals surface area contributed by atoms with Gasteiger partial charge in [-0.05, 0) is 17.7 Å². The van der Waals surface area contributed by atoms with Crippen LogP contribution in [0.4, 0.5) is 5.69 Å². The maximum Gasteiger partial charge on any atom is 0.121 e. The second kappa shape index (κ2) is 4.51. The number of ether oxygens (including phenoxy) is 3. The van der Waals surface area contributed by atoms with Gasteiger partial charge in [-0.3, -0.25) is 0 Å². The molecular weight excluding hydrogens is 194 g/mol. The number of anilines is 1. The van der Waals surface area contributed by atoms with Gasteiger partial charge in [-0.1, -0.05) is 0 Å². The monoisotopic (exact) mass is 209 g/mol. The average Bonchev–Trinajstić information content (AvgIpc) is 2.14. The van der Waals surface area contributed by atoms with Gasteiger partial charge in [0.05, 0.1) is 26.9 Å². The molecule has 0 saturated carbocycles. The highest BCUT2D eigenvalue weighted by molar-refractivity contribution is 5.47. The summed E-state index contributed by atoms with van der Waals surface area (Å²) in [5, 5.41) is 0. The van der Waals surface area contributed by atoms with Crippen LogP contribution in [-0.2, 0) is 16.1 Å². The first-order valence-electron chi connectivity index (χ1n) is 4.90. The fourth-order valence-corrected chi connectivity index (χ4v) is 1.41. The van der Waals surface area contributed by atoms with Gasteiger partial charge in [-0.25, -0.2) is 0 Å². The summed E-state index contributed by atoms with van der Waals surface area (Å²) in [7, 11) is 1.62. The summed E-state index contributed by atoms with van der Waals surface area (Å²) in [6, 6.07) is 5.61. The molecule has 1 aliphatic rings. The molecule has 0 amide bonds. The Morgan fingerprint density at radius 1 is 1.40 bits per heavy atom. The maximum absolute atomic E-state index is 5.73. The summed E-state index contributed by atoms with van der Waals surface area (Å²) in [5.41, 5.74) is 7.45. The Morgan fingerprint density at radius 3 is 2.80 bits per heavy atom. The number of methoxy groups -OCH3 is 1. The highest BCUT2D eigenvalue weighted by Gasteiger charge is 2.18. The van der Waals surface area contributed by atoms with Crippen LogP contribution in [0.25, 0.3) is 0 Å². The number of nitrogens with two attached hydrogens (primary N) is 1. The molecule has 15 heavy (non-hydrogen) atoms. The Labute approximate surface area is 88.9 Å². The number of hydrogen-bond donors (Lipinski definition) is 1. The fourth-order valence-electron chi connectivity index (χ4n) is 1.41. The standard InChI is InChI=1S/C11H15NO3/c1-13-10-3-8(2-9(12)4-10)5-15-11-6-14-7-11/h2-4,11H,5-7,12H2,1H3. The van der Waals surface area contributed by atoms with Gasteiger partial charge in [-0.2, -0.15) is 0 Å². The molecule has 0 spiro atoms. The van der Waals surface area contributed by atoms with Crippen LogP contribution < -0.4 is 10.5 Å². The van der Waals surface area contributed by atoms with Crippen molar-refractivity contribution in [2.24, 2.45) is 0 Å². The Hall–Kier alpha value is -1.26. The lowest BCUT2D eigenvalue weighted by Crippen LogP contribution is -2.35. The van der Waals surface area contributed by atoms with Crippen LogP contribution in [-0.4, -0.2) is 26.4 Å². The molecule has 1 saturated heterocycles. The molecule has 1 fully saturated rings. The van der Waals surface area contributed by atoms with E-state index in [1.807, 2.05) is 12.1 Å². The molecule has 1 aromatic carbocycles. The van der Waals surface area contributed by atoms with Crippen LogP contribution in [0.1, 0.15) is 5.56 Å². The fraction of sp³-hybridized carbons (Fsp3) is 0.455. The minimum Gasteiger partial charge on any atom is -0.497 e. The SMILES string of the molecule is COc1cc(N)cc(COC2COC2)c1. The predicted octanol–water partition coefficient (Wildman–Crippen LogP) is 1.19. The molecule has 2 N–H and O–H groups in total. The molecule has 1 aromatic rings. The lowest BCUT2D eigenvalue weighted by atomic mass is 10.2. The molecule has 82 valence electrons. The maximum atomic E-state index is 5.73. The third-order valence-corrected chi connectivity index (χ3v) is 2.32. The van der Waals surface area contributed by atoms with E-state index in [0.717, 1.165) is 11.3 Å². The van der Waals surface area contributed by atoms with Crippen molar-refractivity contribution < 1.29 is 14.2 Å². The number of nitrogen functional groups attached to an aromatic ring is 1. The van der Waals surface area contributed by atoms with E-state index >= 15 is 0 Å². The molecule has 0 aromatic heterocycles.